The molecule has 2 amide bonds. The Morgan fingerprint density at radius 2 is 1.86 bits per heavy atom. The summed E-state index contributed by atoms with van der Waals surface area (Å²) in [5, 5.41) is 4.04. The van der Waals surface area contributed by atoms with Crippen molar-refractivity contribution < 1.29 is 14.3 Å². The standard InChI is InChI=1S/C21H23N5O3/c1-14-5-4-6-19(15(14)2)29-16(3)20(27)24-25-21(28)18-9-7-17(8-10-18)11-26-13-22-12-23-26/h4-10,12-13,16H,11H2,1-3H3,(H,24,27)(H,25,28). The molecule has 3 aromatic rings. The lowest BCUT2D eigenvalue weighted by molar-refractivity contribution is -0.128. The predicted molar refractivity (Wildman–Crippen MR) is 107 cm³/mol. The number of nitrogens with one attached hydrogen (secondary N) is 2. The number of ether oxygens (including phenoxy) is 1. The van der Waals surface area contributed by atoms with Crippen LogP contribution in [0.25, 0.3) is 0 Å². The molecule has 8 nitrogen and oxygen atoms in total. The first-order valence-corrected chi connectivity index (χ1v) is 9.18. The molecule has 1 atom stereocenters. The zero-order chi connectivity index (χ0) is 20.8. The normalized spacial score (nSPS) is 11.6. The third kappa shape index (κ3) is 5.19. The van der Waals surface area contributed by atoms with Gasteiger partial charge in [-0.15, -0.1) is 0 Å². The lowest BCUT2D eigenvalue weighted by Gasteiger charge is -2.17. The first-order valence-electron chi connectivity index (χ1n) is 9.18. The number of amides is 2. The van der Waals surface area contributed by atoms with E-state index in [-0.39, 0.29) is 0 Å². The van der Waals surface area contributed by atoms with Crippen molar-refractivity contribution in [3.8, 4) is 5.75 Å². The Hall–Kier alpha value is -3.68. The van der Waals surface area contributed by atoms with Crippen LogP contribution in [0.15, 0.2) is 55.1 Å². The minimum absolute atomic E-state index is 0.412. The van der Waals surface area contributed by atoms with Crippen LogP contribution in [0.2, 0.25) is 0 Å². The topological polar surface area (TPSA) is 98.1 Å². The molecule has 29 heavy (non-hydrogen) atoms. The van der Waals surface area contributed by atoms with Crippen LogP contribution in [0.1, 0.15) is 34.0 Å². The van der Waals surface area contributed by atoms with Gasteiger partial charge in [0.25, 0.3) is 11.8 Å². The largest absolute Gasteiger partial charge is 0.481 e. The van der Waals surface area contributed by atoms with Crippen molar-refractivity contribution >= 4 is 11.8 Å². The first kappa shape index (κ1) is 20.1. The zero-order valence-electron chi connectivity index (χ0n) is 16.5. The SMILES string of the molecule is Cc1cccc(OC(C)C(=O)NNC(=O)c2ccc(Cn3cncn3)cc2)c1C. The van der Waals surface area contributed by atoms with Gasteiger partial charge in [-0.2, -0.15) is 5.10 Å². The van der Waals surface area contributed by atoms with E-state index >= 15 is 0 Å². The van der Waals surface area contributed by atoms with Crippen LogP contribution < -0.4 is 15.6 Å². The Morgan fingerprint density at radius 3 is 2.55 bits per heavy atom. The maximum absolute atomic E-state index is 12.3. The third-order valence-electron chi connectivity index (χ3n) is 4.55. The lowest BCUT2D eigenvalue weighted by atomic mass is 10.1. The van der Waals surface area contributed by atoms with Crippen LogP contribution in [0.4, 0.5) is 0 Å². The second-order valence-corrected chi connectivity index (χ2v) is 6.69. The number of hydrogen-bond donors (Lipinski definition) is 2. The molecule has 0 saturated carbocycles. The van der Waals surface area contributed by atoms with Crippen molar-refractivity contribution in [2.24, 2.45) is 0 Å². The van der Waals surface area contributed by atoms with Gasteiger partial charge in [-0.25, -0.2) is 9.67 Å². The van der Waals surface area contributed by atoms with Crippen LogP contribution in [-0.4, -0.2) is 32.7 Å². The molecule has 8 heteroatoms. The number of rotatable bonds is 6. The van der Waals surface area contributed by atoms with Gasteiger partial charge in [0, 0.05) is 5.56 Å². The van der Waals surface area contributed by atoms with Crippen molar-refractivity contribution in [3.63, 3.8) is 0 Å². The molecule has 0 aliphatic rings. The van der Waals surface area contributed by atoms with E-state index in [0.717, 1.165) is 16.7 Å². The summed E-state index contributed by atoms with van der Waals surface area (Å²) in [6.45, 7) is 6.10. The summed E-state index contributed by atoms with van der Waals surface area (Å²) in [5.41, 5.74) is 8.27. The second kappa shape index (κ2) is 9.01. The Kier molecular flexibility index (Phi) is 6.23. The average molecular weight is 393 g/mol. The van der Waals surface area contributed by atoms with E-state index in [2.05, 4.69) is 20.9 Å². The van der Waals surface area contributed by atoms with Gasteiger partial charge in [-0.1, -0.05) is 24.3 Å². The maximum atomic E-state index is 12.3. The highest BCUT2D eigenvalue weighted by molar-refractivity contribution is 5.95. The summed E-state index contributed by atoms with van der Waals surface area (Å²) >= 11 is 0. The number of benzene rings is 2. The van der Waals surface area contributed by atoms with Crippen LogP contribution in [0, 0.1) is 13.8 Å². The molecule has 0 aliphatic heterocycles. The molecule has 0 saturated heterocycles. The Labute approximate surface area is 168 Å². The number of carbonyl (C=O) groups excluding carboxylic acids is 2. The summed E-state index contributed by atoms with van der Waals surface area (Å²) in [4.78, 5) is 28.4. The molecule has 3 rings (SSSR count). The lowest BCUT2D eigenvalue weighted by Crippen LogP contribution is -2.47. The van der Waals surface area contributed by atoms with Crippen LogP contribution >= 0.6 is 0 Å². The van der Waals surface area contributed by atoms with Gasteiger partial charge in [-0.3, -0.25) is 20.4 Å². The van der Waals surface area contributed by atoms with Crippen molar-refractivity contribution in [3.05, 3.63) is 77.4 Å². The molecule has 2 aromatic carbocycles. The van der Waals surface area contributed by atoms with Crippen LogP contribution in [0.5, 0.6) is 5.75 Å². The molecule has 0 radical (unpaired) electrons. The number of aryl methyl sites for hydroxylation is 1. The summed E-state index contributed by atoms with van der Waals surface area (Å²) in [6, 6.07) is 12.7. The summed E-state index contributed by atoms with van der Waals surface area (Å²) in [7, 11) is 0. The van der Waals surface area contributed by atoms with Gasteiger partial charge in [0.05, 0.1) is 6.54 Å². The smallest absolute Gasteiger partial charge is 0.279 e. The minimum atomic E-state index is -0.763. The fraction of sp³-hybridized carbons (Fsp3) is 0.238. The molecule has 150 valence electrons. The molecule has 0 bridgehead atoms. The molecule has 1 unspecified atom stereocenters. The van der Waals surface area contributed by atoms with Crippen LogP contribution in [-0.2, 0) is 11.3 Å². The van der Waals surface area contributed by atoms with Crippen LogP contribution in [0.3, 0.4) is 0 Å². The fourth-order valence-corrected chi connectivity index (χ4v) is 2.65. The summed E-state index contributed by atoms with van der Waals surface area (Å²) < 4.78 is 7.40. The van der Waals surface area contributed by atoms with E-state index in [0.29, 0.717) is 17.9 Å². The third-order valence-corrected chi connectivity index (χ3v) is 4.55. The molecule has 0 fully saturated rings. The molecule has 2 N–H and O–H groups in total. The number of nitrogens with zero attached hydrogens (tertiary/aromatic N) is 3. The summed E-state index contributed by atoms with van der Waals surface area (Å²) in [5.74, 6) is -0.214. The van der Waals surface area contributed by atoms with Gasteiger partial charge >= 0.3 is 0 Å². The molecule has 0 aliphatic carbocycles. The molecular formula is C21H23N5O3. The van der Waals surface area contributed by atoms with E-state index in [9.17, 15) is 9.59 Å². The van der Waals surface area contributed by atoms with Crippen molar-refractivity contribution in [2.75, 3.05) is 0 Å². The van der Waals surface area contributed by atoms with E-state index < -0.39 is 17.9 Å². The molecule has 0 spiro atoms. The van der Waals surface area contributed by atoms with Gasteiger partial charge in [-0.05, 0) is 55.7 Å². The fourth-order valence-electron chi connectivity index (χ4n) is 2.65. The van der Waals surface area contributed by atoms with E-state index in [1.54, 1.807) is 30.1 Å². The van der Waals surface area contributed by atoms with Crippen molar-refractivity contribution in [1.82, 2.24) is 25.6 Å². The minimum Gasteiger partial charge on any atom is -0.481 e. The maximum Gasteiger partial charge on any atom is 0.279 e. The highest BCUT2D eigenvalue weighted by Crippen LogP contribution is 2.21. The van der Waals surface area contributed by atoms with E-state index in [4.69, 9.17) is 4.74 Å². The van der Waals surface area contributed by atoms with Crippen molar-refractivity contribution in [1.29, 1.82) is 0 Å². The Bertz CT molecular complexity index is 984. The van der Waals surface area contributed by atoms with E-state index in [1.165, 1.54) is 6.33 Å². The molecule has 1 heterocycles. The van der Waals surface area contributed by atoms with Gasteiger partial charge in [0.15, 0.2) is 6.10 Å². The van der Waals surface area contributed by atoms with Gasteiger partial charge < -0.3 is 4.74 Å². The quantitative estimate of drug-likeness (QED) is 0.626. The zero-order valence-corrected chi connectivity index (χ0v) is 16.5. The highest BCUT2D eigenvalue weighted by Gasteiger charge is 2.17. The van der Waals surface area contributed by atoms with E-state index in [1.807, 2.05) is 44.2 Å². The monoisotopic (exact) mass is 393 g/mol. The predicted octanol–water partition coefficient (Wildman–Crippen LogP) is 2.17. The number of aromatic nitrogens is 3. The number of hydrogen-bond acceptors (Lipinski definition) is 5. The Morgan fingerprint density at radius 1 is 1.10 bits per heavy atom. The second-order valence-electron chi connectivity index (χ2n) is 6.69. The number of carbonyl (C=O) groups is 2. The first-order chi connectivity index (χ1) is 13.9. The van der Waals surface area contributed by atoms with Gasteiger partial charge in [0.1, 0.15) is 18.4 Å². The average Bonchev–Trinajstić information content (AvgIpc) is 3.23. The molecular weight excluding hydrogens is 370 g/mol. The van der Waals surface area contributed by atoms with Crippen molar-refractivity contribution in [2.45, 2.75) is 33.4 Å². The number of hydrazine groups is 1. The highest BCUT2D eigenvalue weighted by atomic mass is 16.5. The summed E-state index contributed by atoms with van der Waals surface area (Å²) in [6.07, 6.45) is 2.33. The molecule has 1 aromatic heterocycles. The van der Waals surface area contributed by atoms with Gasteiger partial charge in [0.2, 0.25) is 0 Å². The Balaban J connectivity index is 1.51.